The van der Waals surface area contributed by atoms with Gasteiger partial charge in [-0.3, -0.25) is 4.79 Å². The van der Waals surface area contributed by atoms with E-state index < -0.39 is 11.9 Å². The molecule has 4 heteroatoms. The van der Waals surface area contributed by atoms with Gasteiger partial charge in [0, 0.05) is 28.2 Å². The first-order valence-corrected chi connectivity index (χ1v) is 9.07. The number of para-hydroxylation sites is 2. The summed E-state index contributed by atoms with van der Waals surface area (Å²) >= 11 is 0. The molecule has 0 saturated carbocycles. The minimum absolute atomic E-state index is 0.515. The molecular formula is C23H21NO3. The first kappa shape index (κ1) is 17.2. The Bertz CT molecular complexity index is 1100. The maximum atomic E-state index is 11.1. The molecule has 0 spiro atoms. The van der Waals surface area contributed by atoms with Gasteiger partial charge in [0.25, 0.3) is 0 Å². The lowest BCUT2D eigenvalue weighted by Crippen LogP contribution is -2.07. The lowest BCUT2D eigenvalue weighted by atomic mass is 10.0. The van der Waals surface area contributed by atoms with Crippen molar-refractivity contribution < 1.29 is 14.6 Å². The average molecular weight is 359 g/mol. The standard InChI is InChI=1S/C23H21NO3/c1-15(23(25)26)16-9-11-18(12-10-16)27-14-13-17-5-4-7-20-19-6-2-3-8-21(19)24-22(17)20/h2-12,15,24H,13-14H2,1H3,(H,25,26). The number of H-pyrrole nitrogens is 1. The van der Waals surface area contributed by atoms with E-state index in [9.17, 15) is 4.79 Å². The van der Waals surface area contributed by atoms with Crippen LogP contribution in [0.3, 0.4) is 0 Å². The fraction of sp³-hybridized carbons (Fsp3) is 0.174. The predicted molar refractivity (Wildman–Crippen MR) is 107 cm³/mol. The summed E-state index contributed by atoms with van der Waals surface area (Å²) in [5, 5.41) is 11.5. The molecule has 4 rings (SSSR count). The summed E-state index contributed by atoms with van der Waals surface area (Å²) in [6.45, 7) is 2.24. The molecule has 27 heavy (non-hydrogen) atoms. The monoisotopic (exact) mass is 359 g/mol. The summed E-state index contributed by atoms with van der Waals surface area (Å²) in [7, 11) is 0. The van der Waals surface area contributed by atoms with Crippen LogP contribution in [0.25, 0.3) is 21.8 Å². The van der Waals surface area contributed by atoms with Gasteiger partial charge in [0.15, 0.2) is 0 Å². The van der Waals surface area contributed by atoms with Crippen LogP contribution < -0.4 is 4.74 Å². The number of carbonyl (C=O) groups is 1. The van der Waals surface area contributed by atoms with Crippen LogP contribution in [0.2, 0.25) is 0 Å². The van der Waals surface area contributed by atoms with Crippen molar-refractivity contribution >= 4 is 27.8 Å². The van der Waals surface area contributed by atoms with Crippen LogP contribution >= 0.6 is 0 Å². The Balaban J connectivity index is 1.47. The Hall–Kier alpha value is -3.27. The summed E-state index contributed by atoms with van der Waals surface area (Å²) in [5.41, 5.74) is 4.30. The van der Waals surface area contributed by atoms with Crippen LogP contribution in [0.15, 0.2) is 66.7 Å². The smallest absolute Gasteiger partial charge is 0.310 e. The number of carboxylic acids is 1. The summed E-state index contributed by atoms with van der Waals surface area (Å²) in [6.07, 6.45) is 0.789. The normalized spacial score (nSPS) is 12.3. The van der Waals surface area contributed by atoms with Gasteiger partial charge in [-0.25, -0.2) is 0 Å². The number of hydrogen-bond donors (Lipinski definition) is 2. The molecule has 1 atom stereocenters. The van der Waals surface area contributed by atoms with Crippen molar-refractivity contribution in [2.24, 2.45) is 0 Å². The molecule has 4 aromatic rings. The van der Waals surface area contributed by atoms with E-state index >= 15 is 0 Å². The molecule has 1 unspecified atom stereocenters. The van der Waals surface area contributed by atoms with Gasteiger partial charge in [-0.1, -0.05) is 48.5 Å². The fourth-order valence-electron chi connectivity index (χ4n) is 3.42. The minimum atomic E-state index is -0.824. The van der Waals surface area contributed by atoms with Gasteiger partial charge in [0.05, 0.1) is 12.5 Å². The van der Waals surface area contributed by atoms with E-state index in [1.807, 2.05) is 30.3 Å². The number of nitrogens with one attached hydrogen (secondary N) is 1. The highest BCUT2D eigenvalue weighted by molar-refractivity contribution is 6.08. The molecule has 1 heterocycles. The Morgan fingerprint density at radius 3 is 2.52 bits per heavy atom. The highest BCUT2D eigenvalue weighted by atomic mass is 16.5. The molecule has 0 aliphatic carbocycles. The van der Waals surface area contributed by atoms with Gasteiger partial charge in [0.1, 0.15) is 5.75 Å². The van der Waals surface area contributed by atoms with Crippen LogP contribution in [-0.2, 0) is 11.2 Å². The van der Waals surface area contributed by atoms with E-state index in [-0.39, 0.29) is 0 Å². The lowest BCUT2D eigenvalue weighted by molar-refractivity contribution is -0.138. The van der Waals surface area contributed by atoms with Crippen molar-refractivity contribution in [3.63, 3.8) is 0 Å². The highest BCUT2D eigenvalue weighted by Gasteiger charge is 2.13. The third-order valence-corrected chi connectivity index (χ3v) is 5.02. The van der Waals surface area contributed by atoms with Crippen LogP contribution in [0, 0.1) is 0 Å². The number of rotatable bonds is 6. The summed E-state index contributed by atoms with van der Waals surface area (Å²) in [5.74, 6) is -0.589. The van der Waals surface area contributed by atoms with Crippen molar-refractivity contribution in [3.05, 3.63) is 77.9 Å². The predicted octanol–water partition coefficient (Wildman–Crippen LogP) is 5.13. The van der Waals surface area contributed by atoms with Crippen LogP contribution in [0.5, 0.6) is 5.75 Å². The Morgan fingerprint density at radius 2 is 1.74 bits per heavy atom. The fourth-order valence-corrected chi connectivity index (χ4v) is 3.42. The molecular weight excluding hydrogens is 338 g/mol. The number of ether oxygens (including phenoxy) is 1. The molecule has 0 amide bonds. The largest absolute Gasteiger partial charge is 0.493 e. The number of hydrogen-bond acceptors (Lipinski definition) is 2. The number of carboxylic acid groups (broad SMARTS) is 1. The van der Waals surface area contributed by atoms with Crippen molar-refractivity contribution in [2.75, 3.05) is 6.61 Å². The summed E-state index contributed by atoms with van der Waals surface area (Å²) in [4.78, 5) is 14.6. The molecule has 2 N–H and O–H groups in total. The molecule has 0 fully saturated rings. The molecule has 136 valence electrons. The van der Waals surface area contributed by atoms with E-state index in [2.05, 4.69) is 41.4 Å². The molecule has 0 radical (unpaired) electrons. The van der Waals surface area contributed by atoms with E-state index in [0.717, 1.165) is 28.8 Å². The zero-order valence-electron chi connectivity index (χ0n) is 15.1. The third-order valence-electron chi connectivity index (χ3n) is 5.02. The van der Waals surface area contributed by atoms with Gasteiger partial charge in [-0.05, 0) is 36.2 Å². The van der Waals surface area contributed by atoms with Crippen molar-refractivity contribution in [2.45, 2.75) is 19.3 Å². The molecule has 0 aliphatic rings. The second-order valence-electron chi connectivity index (χ2n) is 6.74. The van der Waals surface area contributed by atoms with Crippen LogP contribution in [-0.4, -0.2) is 22.7 Å². The molecule has 3 aromatic carbocycles. The Morgan fingerprint density at radius 1 is 1.00 bits per heavy atom. The molecule has 0 aliphatic heterocycles. The quantitative estimate of drug-likeness (QED) is 0.502. The maximum absolute atomic E-state index is 11.1. The number of benzene rings is 3. The maximum Gasteiger partial charge on any atom is 0.310 e. The number of aromatic amines is 1. The van der Waals surface area contributed by atoms with Gasteiger partial charge >= 0.3 is 5.97 Å². The topological polar surface area (TPSA) is 62.3 Å². The second-order valence-corrected chi connectivity index (χ2v) is 6.74. The summed E-state index contributed by atoms with van der Waals surface area (Å²) in [6, 6.07) is 22.0. The third kappa shape index (κ3) is 3.38. The number of aliphatic carboxylic acids is 1. The SMILES string of the molecule is CC(C(=O)O)c1ccc(OCCc2cccc3c2[nH]c2ccccc23)cc1. The van der Waals surface area contributed by atoms with E-state index in [0.29, 0.717) is 6.61 Å². The first-order chi connectivity index (χ1) is 13.1. The zero-order chi connectivity index (χ0) is 18.8. The first-order valence-electron chi connectivity index (χ1n) is 9.07. The Kier molecular flexibility index (Phi) is 4.55. The molecule has 4 nitrogen and oxygen atoms in total. The average Bonchev–Trinajstić information content (AvgIpc) is 3.07. The van der Waals surface area contributed by atoms with Gasteiger partial charge < -0.3 is 14.8 Å². The number of aromatic nitrogens is 1. The van der Waals surface area contributed by atoms with Crippen LogP contribution in [0.4, 0.5) is 0 Å². The van der Waals surface area contributed by atoms with Crippen molar-refractivity contribution in [1.82, 2.24) is 4.98 Å². The van der Waals surface area contributed by atoms with Crippen LogP contribution in [0.1, 0.15) is 24.0 Å². The zero-order valence-corrected chi connectivity index (χ0v) is 15.1. The van der Waals surface area contributed by atoms with Gasteiger partial charge in [0.2, 0.25) is 0 Å². The van der Waals surface area contributed by atoms with Crippen molar-refractivity contribution in [3.8, 4) is 5.75 Å². The second kappa shape index (κ2) is 7.16. The minimum Gasteiger partial charge on any atom is -0.493 e. The van der Waals surface area contributed by atoms with E-state index in [1.54, 1.807) is 6.92 Å². The Labute approximate surface area is 157 Å². The molecule has 0 saturated heterocycles. The van der Waals surface area contributed by atoms with Gasteiger partial charge in [-0.15, -0.1) is 0 Å². The van der Waals surface area contributed by atoms with E-state index in [1.165, 1.54) is 16.3 Å². The number of fused-ring (bicyclic) bond motifs is 3. The highest BCUT2D eigenvalue weighted by Crippen LogP contribution is 2.28. The van der Waals surface area contributed by atoms with Crippen molar-refractivity contribution in [1.29, 1.82) is 0 Å². The van der Waals surface area contributed by atoms with E-state index in [4.69, 9.17) is 9.84 Å². The lowest BCUT2D eigenvalue weighted by Gasteiger charge is -2.10. The summed E-state index contributed by atoms with van der Waals surface area (Å²) < 4.78 is 5.87. The molecule has 1 aromatic heterocycles. The van der Waals surface area contributed by atoms with Gasteiger partial charge in [-0.2, -0.15) is 0 Å². The molecule has 0 bridgehead atoms.